The summed E-state index contributed by atoms with van der Waals surface area (Å²) in [5.74, 6) is 0.369. The lowest BCUT2D eigenvalue weighted by atomic mass is 9.94. The molecular weight excluding hydrogens is 407 g/mol. The molecule has 170 valence electrons. The predicted octanol–water partition coefficient (Wildman–Crippen LogP) is 3.64. The number of alkyl halides is 3. The van der Waals surface area contributed by atoms with Crippen LogP contribution in [-0.2, 0) is 11.0 Å². The highest BCUT2D eigenvalue weighted by atomic mass is 19.4. The van der Waals surface area contributed by atoms with Crippen molar-refractivity contribution >= 4 is 11.8 Å². The molecule has 0 N–H and O–H groups in total. The summed E-state index contributed by atoms with van der Waals surface area (Å²) in [6.07, 6.45) is 2.22. The normalized spacial score (nSPS) is 22.2. The summed E-state index contributed by atoms with van der Waals surface area (Å²) in [6.45, 7) is 3.88. The molecule has 0 aromatic heterocycles. The number of halogens is 3. The summed E-state index contributed by atoms with van der Waals surface area (Å²) in [5.41, 5.74) is -0.490. The minimum atomic E-state index is -4.41. The van der Waals surface area contributed by atoms with Gasteiger partial charge in [-0.05, 0) is 55.9 Å². The number of hydrogen-bond donors (Lipinski definition) is 0. The van der Waals surface area contributed by atoms with Crippen LogP contribution in [0.25, 0.3) is 0 Å². The number of carbonyl (C=O) groups is 2. The van der Waals surface area contributed by atoms with Crippen molar-refractivity contribution in [2.24, 2.45) is 5.92 Å². The highest BCUT2D eigenvalue weighted by Crippen LogP contribution is 2.33. The smallest absolute Gasteiger partial charge is 0.341 e. The first-order valence-electron chi connectivity index (χ1n) is 11.3. The maximum absolute atomic E-state index is 13.3. The summed E-state index contributed by atoms with van der Waals surface area (Å²) >= 11 is 0. The van der Waals surface area contributed by atoms with Gasteiger partial charge in [-0.25, -0.2) is 0 Å². The Morgan fingerprint density at radius 1 is 0.806 bits per heavy atom. The third-order valence-corrected chi connectivity index (χ3v) is 6.97. The van der Waals surface area contributed by atoms with Crippen LogP contribution in [0.2, 0.25) is 0 Å². The Bertz CT molecular complexity index is 776. The molecular formula is C23H30F3N3O2. The van der Waals surface area contributed by atoms with Crippen molar-refractivity contribution < 1.29 is 22.8 Å². The fraction of sp³-hybridized carbons (Fsp3) is 0.652. The van der Waals surface area contributed by atoms with Gasteiger partial charge in [-0.3, -0.25) is 14.5 Å². The van der Waals surface area contributed by atoms with Crippen LogP contribution in [-0.4, -0.2) is 71.8 Å². The van der Waals surface area contributed by atoms with E-state index in [1.165, 1.54) is 25.0 Å². The van der Waals surface area contributed by atoms with Crippen LogP contribution in [0, 0.1) is 5.92 Å². The van der Waals surface area contributed by atoms with Crippen LogP contribution >= 0.6 is 0 Å². The zero-order valence-corrected chi connectivity index (χ0v) is 17.7. The van der Waals surface area contributed by atoms with E-state index in [1.807, 2.05) is 4.90 Å². The molecule has 0 spiro atoms. The van der Waals surface area contributed by atoms with Crippen molar-refractivity contribution in [2.75, 3.05) is 39.3 Å². The Balaban J connectivity index is 1.40. The Morgan fingerprint density at radius 3 is 1.94 bits per heavy atom. The molecule has 0 radical (unpaired) electrons. The second-order valence-corrected chi connectivity index (χ2v) is 8.93. The molecule has 8 heteroatoms. The van der Waals surface area contributed by atoms with Gasteiger partial charge in [0.1, 0.15) is 0 Å². The Morgan fingerprint density at radius 2 is 1.39 bits per heavy atom. The summed E-state index contributed by atoms with van der Waals surface area (Å²) < 4.78 is 38.3. The van der Waals surface area contributed by atoms with E-state index in [-0.39, 0.29) is 23.4 Å². The monoisotopic (exact) mass is 437 g/mol. The van der Waals surface area contributed by atoms with E-state index in [9.17, 15) is 22.8 Å². The molecule has 0 bridgehead atoms. The number of rotatable bonds is 4. The average molecular weight is 438 g/mol. The first-order chi connectivity index (χ1) is 14.8. The lowest BCUT2D eigenvalue weighted by Gasteiger charge is -2.42. The van der Waals surface area contributed by atoms with E-state index in [0.29, 0.717) is 32.1 Å². The molecule has 2 amide bonds. The van der Waals surface area contributed by atoms with E-state index in [4.69, 9.17) is 0 Å². The average Bonchev–Trinajstić information content (AvgIpc) is 3.48. The number of carbonyl (C=O) groups excluding carboxylic acids is 2. The Hall–Kier alpha value is -2.09. The van der Waals surface area contributed by atoms with Crippen LogP contribution in [0.3, 0.4) is 0 Å². The molecule has 0 unspecified atom stereocenters. The van der Waals surface area contributed by atoms with Gasteiger partial charge in [-0.2, -0.15) is 13.2 Å². The van der Waals surface area contributed by atoms with Gasteiger partial charge in [0, 0.05) is 44.8 Å². The number of hydrogen-bond acceptors (Lipinski definition) is 3. The summed E-state index contributed by atoms with van der Waals surface area (Å²) in [6, 6.07) is 4.29. The summed E-state index contributed by atoms with van der Waals surface area (Å²) in [4.78, 5) is 32.0. The van der Waals surface area contributed by atoms with Crippen LogP contribution < -0.4 is 0 Å². The molecule has 1 aromatic carbocycles. The van der Waals surface area contributed by atoms with Gasteiger partial charge in [0.15, 0.2) is 0 Å². The van der Waals surface area contributed by atoms with Gasteiger partial charge in [0.25, 0.3) is 5.91 Å². The number of nitrogens with zero attached hydrogens (tertiary/aromatic N) is 3. The van der Waals surface area contributed by atoms with Crippen molar-refractivity contribution in [3.63, 3.8) is 0 Å². The Kier molecular flexibility index (Phi) is 6.55. The first kappa shape index (κ1) is 22.1. The predicted molar refractivity (Wildman–Crippen MR) is 110 cm³/mol. The maximum atomic E-state index is 13.3. The summed E-state index contributed by atoms with van der Waals surface area (Å²) in [7, 11) is 0. The molecule has 3 fully saturated rings. The SMILES string of the molecule is O=C(c1ccc(C(F)(F)F)cc1)N1CCN([C@H](C(=O)N2CCCC2)C2CCCC2)CC1. The highest BCUT2D eigenvalue weighted by molar-refractivity contribution is 5.94. The van der Waals surface area contributed by atoms with Crippen molar-refractivity contribution in [3.05, 3.63) is 35.4 Å². The second kappa shape index (κ2) is 9.18. The second-order valence-electron chi connectivity index (χ2n) is 8.93. The molecule has 2 aliphatic heterocycles. The minimum absolute atomic E-state index is 0.107. The van der Waals surface area contributed by atoms with E-state index in [0.717, 1.165) is 50.9 Å². The molecule has 2 saturated heterocycles. The zero-order chi connectivity index (χ0) is 22.0. The molecule has 1 atom stereocenters. The lowest BCUT2D eigenvalue weighted by molar-refractivity contribution is -0.139. The van der Waals surface area contributed by atoms with Crippen LogP contribution in [0.4, 0.5) is 13.2 Å². The molecule has 31 heavy (non-hydrogen) atoms. The highest BCUT2D eigenvalue weighted by Gasteiger charge is 2.40. The third kappa shape index (κ3) is 4.89. The first-order valence-corrected chi connectivity index (χ1v) is 11.3. The van der Waals surface area contributed by atoms with E-state index in [1.54, 1.807) is 4.90 Å². The van der Waals surface area contributed by atoms with Crippen molar-refractivity contribution in [1.29, 1.82) is 0 Å². The van der Waals surface area contributed by atoms with Crippen LogP contribution in [0.1, 0.15) is 54.4 Å². The largest absolute Gasteiger partial charge is 0.416 e. The Labute approximate surface area is 181 Å². The molecule has 1 aromatic rings. The number of benzene rings is 1. The van der Waals surface area contributed by atoms with Gasteiger partial charge < -0.3 is 9.80 Å². The summed E-state index contributed by atoms with van der Waals surface area (Å²) in [5, 5.41) is 0. The fourth-order valence-electron chi connectivity index (χ4n) is 5.24. The minimum Gasteiger partial charge on any atom is -0.341 e. The fourth-order valence-corrected chi connectivity index (χ4v) is 5.24. The van der Waals surface area contributed by atoms with Crippen molar-refractivity contribution in [2.45, 2.75) is 50.7 Å². The van der Waals surface area contributed by atoms with E-state index >= 15 is 0 Å². The molecule has 1 saturated carbocycles. The zero-order valence-electron chi connectivity index (χ0n) is 17.7. The van der Waals surface area contributed by atoms with E-state index < -0.39 is 11.7 Å². The van der Waals surface area contributed by atoms with Gasteiger partial charge in [0.05, 0.1) is 11.6 Å². The van der Waals surface area contributed by atoms with Crippen LogP contribution in [0.15, 0.2) is 24.3 Å². The van der Waals surface area contributed by atoms with Crippen LogP contribution in [0.5, 0.6) is 0 Å². The maximum Gasteiger partial charge on any atom is 0.416 e. The van der Waals surface area contributed by atoms with Crippen molar-refractivity contribution in [1.82, 2.24) is 14.7 Å². The standard InChI is InChI=1S/C23H30F3N3O2/c24-23(25,26)19-9-7-18(8-10-19)21(30)29-15-13-27(14-16-29)20(17-5-1-2-6-17)22(31)28-11-3-4-12-28/h7-10,17,20H,1-6,11-16H2/t20-/m0/s1. The van der Waals surface area contributed by atoms with Gasteiger partial charge in [-0.1, -0.05) is 12.8 Å². The molecule has 2 heterocycles. The lowest BCUT2D eigenvalue weighted by Crippen LogP contribution is -2.58. The van der Waals surface area contributed by atoms with Gasteiger partial charge in [0.2, 0.25) is 5.91 Å². The quantitative estimate of drug-likeness (QED) is 0.723. The molecule has 5 nitrogen and oxygen atoms in total. The number of piperazine rings is 1. The van der Waals surface area contributed by atoms with E-state index in [2.05, 4.69) is 4.90 Å². The topological polar surface area (TPSA) is 43.9 Å². The third-order valence-electron chi connectivity index (χ3n) is 6.97. The molecule has 4 rings (SSSR count). The van der Waals surface area contributed by atoms with Gasteiger partial charge >= 0.3 is 6.18 Å². The number of likely N-dealkylation sites (tertiary alicyclic amines) is 1. The molecule has 3 aliphatic rings. The van der Waals surface area contributed by atoms with Gasteiger partial charge in [-0.15, -0.1) is 0 Å². The number of amides is 2. The molecule has 1 aliphatic carbocycles. The van der Waals surface area contributed by atoms with Crippen molar-refractivity contribution in [3.8, 4) is 0 Å².